The molecule has 0 radical (unpaired) electrons. The minimum atomic E-state index is -4.04. The molecule has 12 heteroatoms. The predicted octanol–water partition coefficient (Wildman–Crippen LogP) is 0.233. The molecule has 3 N–H and O–H groups in total. The van der Waals surface area contributed by atoms with Crippen molar-refractivity contribution in [3.63, 3.8) is 0 Å². The van der Waals surface area contributed by atoms with Crippen LogP contribution in [0.3, 0.4) is 0 Å². The van der Waals surface area contributed by atoms with Crippen molar-refractivity contribution in [3.8, 4) is 5.75 Å². The molecule has 1 fully saturated rings. The van der Waals surface area contributed by atoms with Crippen LogP contribution in [0.1, 0.15) is 5.56 Å². The molecule has 1 aliphatic heterocycles. The van der Waals surface area contributed by atoms with Gasteiger partial charge in [0.05, 0.1) is 10.6 Å². The molecule has 0 unspecified atom stereocenters. The van der Waals surface area contributed by atoms with Gasteiger partial charge >= 0.3 is 10.2 Å². The summed E-state index contributed by atoms with van der Waals surface area (Å²) in [6.07, 6.45) is 0.207. The third-order valence-corrected chi connectivity index (χ3v) is 6.83. The smallest absolute Gasteiger partial charge is 0.326 e. The van der Waals surface area contributed by atoms with Gasteiger partial charge in [0.2, 0.25) is 10.0 Å². The Labute approximate surface area is 161 Å². The summed E-state index contributed by atoms with van der Waals surface area (Å²) in [5.74, 6) is -1.62. The molecule has 0 aromatic heterocycles. The maximum Gasteiger partial charge on any atom is 0.326 e. The van der Waals surface area contributed by atoms with E-state index < -0.39 is 38.5 Å². The summed E-state index contributed by atoms with van der Waals surface area (Å²) in [6, 6.07) is 8.50. The molecular weight excluding hydrogens is 413 g/mol. The molecule has 1 heterocycles. The number of aromatic hydroxyl groups is 1. The number of hydrogen-bond acceptors (Lipinski definition) is 6. The maximum atomic E-state index is 12.9. The second-order valence-electron chi connectivity index (χ2n) is 5.96. The lowest BCUT2D eigenvalue weighted by Crippen LogP contribution is -2.29. The van der Waals surface area contributed by atoms with Gasteiger partial charge in [0.1, 0.15) is 18.1 Å². The van der Waals surface area contributed by atoms with Crippen molar-refractivity contribution in [1.82, 2.24) is 9.44 Å². The van der Waals surface area contributed by atoms with Crippen molar-refractivity contribution >= 4 is 31.8 Å². The Morgan fingerprint density at radius 2 is 1.86 bits per heavy atom. The standard InChI is InChI=1S/C16H16FN3O6S2/c17-12-2-4-13(5-3-12)27(23,24)18-8-7-11-1-6-14(15(21)9-11)20-10-16(22)19-28(20,25)26/h1-6,9,18,21H,7-8,10H2,(H,19,22). The van der Waals surface area contributed by atoms with Crippen LogP contribution in [0, 0.1) is 5.82 Å². The van der Waals surface area contributed by atoms with E-state index in [1.54, 1.807) is 4.72 Å². The molecule has 9 nitrogen and oxygen atoms in total. The van der Waals surface area contributed by atoms with E-state index in [1.165, 1.54) is 18.2 Å². The zero-order chi connectivity index (χ0) is 20.5. The van der Waals surface area contributed by atoms with Gasteiger partial charge in [0, 0.05) is 6.54 Å². The lowest BCUT2D eigenvalue weighted by molar-refractivity contribution is -0.117. The Bertz CT molecular complexity index is 1120. The van der Waals surface area contributed by atoms with Crippen LogP contribution < -0.4 is 13.7 Å². The quantitative estimate of drug-likeness (QED) is 0.602. The molecule has 0 aliphatic carbocycles. The lowest BCUT2D eigenvalue weighted by Gasteiger charge is -2.16. The molecule has 0 bridgehead atoms. The average Bonchev–Trinajstić information content (AvgIpc) is 2.87. The van der Waals surface area contributed by atoms with Gasteiger partial charge < -0.3 is 5.11 Å². The van der Waals surface area contributed by atoms with E-state index in [9.17, 15) is 31.1 Å². The number of nitrogens with zero attached hydrogens (tertiary/aromatic N) is 1. The summed E-state index contributed by atoms with van der Waals surface area (Å²) in [4.78, 5) is 11.2. The summed E-state index contributed by atoms with van der Waals surface area (Å²) in [5.41, 5.74) is 0.480. The number of halogens is 1. The number of hydrogen-bond donors (Lipinski definition) is 3. The minimum Gasteiger partial charge on any atom is -0.506 e. The molecule has 28 heavy (non-hydrogen) atoms. The zero-order valence-corrected chi connectivity index (χ0v) is 15.9. The van der Waals surface area contributed by atoms with Gasteiger partial charge in [-0.15, -0.1) is 0 Å². The molecule has 0 saturated carbocycles. The lowest BCUT2D eigenvalue weighted by atomic mass is 10.1. The first-order valence-corrected chi connectivity index (χ1v) is 10.9. The van der Waals surface area contributed by atoms with E-state index in [-0.39, 0.29) is 29.3 Å². The Kier molecular flexibility index (Phi) is 5.28. The number of phenols is 1. The number of phenolic OH excluding ortho intramolecular Hbond substituents is 1. The van der Waals surface area contributed by atoms with E-state index in [1.807, 2.05) is 0 Å². The zero-order valence-electron chi connectivity index (χ0n) is 14.3. The minimum absolute atomic E-state index is 0.000546. The fourth-order valence-electron chi connectivity index (χ4n) is 2.62. The number of anilines is 1. The third-order valence-electron chi connectivity index (χ3n) is 3.96. The van der Waals surface area contributed by atoms with Crippen molar-refractivity contribution in [2.24, 2.45) is 0 Å². The van der Waals surface area contributed by atoms with E-state index in [0.29, 0.717) is 5.56 Å². The van der Waals surface area contributed by atoms with Crippen molar-refractivity contribution in [2.75, 3.05) is 17.4 Å². The Balaban J connectivity index is 1.67. The van der Waals surface area contributed by atoms with E-state index >= 15 is 0 Å². The highest BCUT2D eigenvalue weighted by molar-refractivity contribution is 7.92. The van der Waals surface area contributed by atoms with Gasteiger partial charge in [-0.2, -0.15) is 8.42 Å². The first kappa shape index (κ1) is 20.0. The maximum absolute atomic E-state index is 12.9. The van der Waals surface area contributed by atoms with Crippen LogP contribution in [-0.4, -0.2) is 40.9 Å². The number of rotatable bonds is 6. The van der Waals surface area contributed by atoms with Crippen LogP contribution in [0.25, 0.3) is 0 Å². The number of carbonyl (C=O) groups excluding carboxylic acids is 1. The molecule has 2 aromatic rings. The van der Waals surface area contributed by atoms with Crippen molar-refractivity contribution < 1.29 is 31.1 Å². The number of carbonyl (C=O) groups is 1. The second kappa shape index (κ2) is 7.37. The van der Waals surface area contributed by atoms with Crippen molar-refractivity contribution in [2.45, 2.75) is 11.3 Å². The van der Waals surface area contributed by atoms with Crippen LogP contribution in [0.2, 0.25) is 0 Å². The second-order valence-corrected chi connectivity index (χ2v) is 9.32. The van der Waals surface area contributed by atoms with Crippen molar-refractivity contribution in [1.29, 1.82) is 0 Å². The van der Waals surface area contributed by atoms with Gasteiger partial charge in [-0.3, -0.25) is 4.79 Å². The van der Waals surface area contributed by atoms with E-state index in [4.69, 9.17) is 0 Å². The molecular formula is C16H16FN3O6S2. The summed E-state index contributed by atoms with van der Waals surface area (Å²) in [6.45, 7) is -0.437. The van der Waals surface area contributed by atoms with Gasteiger partial charge in [-0.1, -0.05) is 6.07 Å². The SMILES string of the molecule is O=C1CN(c2ccc(CCNS(=O)(=O)c3ccc(F)cc3)cc2O)S(=O)(=O)N1. The molecule has 1 aliphatic rings. The summed E-state index contributed by atoms with van der Waals surface area (Å²) in [5, 5.41) is 10.1. The molecule has 150 valence electrons. The van der Waals surface area contributed by atoms with Gasteiger partial charge in [0.15, 0.2) is 0 Å². The first-order chi connectivity index (χ1) is 13.1. The Morgan fingerprint density at radius 3 is 2.43 bits per heavy atom. The number of sulfonamides is 1. The summed E-state index contributed by atoms with van der Waals surface area (Å²) < 4.78 is 65.7. The van der Waals surface area contributed by atoms with E-state index in [2.05, 4.69) is 4.72 Å². The summed E-state index contributed by atoms with van der Waals surface area (Å²) in [7, 11) is -7.85. The largest absolute Gasteiger partial charge is 0.506 e. The van der Waals surface area contributed by atoms with E-state index in [0.717, 1.165) is 28.6 Å². The van der Waals surface area contributed by atoms with Gasteiger partial charge in [-0.25, -0.2) is 26.6 Å². The van der Waals surface area contributed by atoms with Crippen LogP contribution in [0.5, 0.6) is 5.75 Å². The first-order valence-electron chi connectivity index (χ1n) is 7.99. The molecule has 2 aromatic carbocycles. The Morgan fingerprint density at radius 1 is 1.18 bits per heavy atom. The highest BCUT2D eigenvalue weighted by Crippen LogP contribution is 2.31. The predicted molar refractivity (Wildman–Crippen MR) is 97.8 cm³/mol. The van der Waals surface area contributed by atoms with Crippen LogP contribution in [0.4, 0.5) is 10.1 Å². The normalized spacial score (nSPS) is 16.2. The van der Waals surface area contributed by atoms with Gasteiger partial charge in [-0.05, 0) is 48.4 Å². The van der Waals surface area contributed by atoms with Crippen molar-refractivity contribution in [3.05, 3.63) is 53.8 Å². The fraction of sp³-hybridized carbons (Fsp3) is 0.188. The Hall–Kier alpha value is -2.70. The molecule has 1 amide bonds. The van der Waals surface area contributed by atoms with Gasteiger partial charge in [0.25, 0.3) is 5.91 Å². The third kappa shape index (κ3) is 4.24. The fourth-order valence-corrected chi connectivity index (χ4v) is 4.82. The molecule has 3 rings (SSSR count). The highest BCUT2D eigenvalue weighted by atomic mass is 32.2. The van der Waals surface area contributed by atoms with Crippen LogP contribution in [-0.2, 0) is 31.4 Å². The monoisotopic (exact) mass is 429 g/mol. The molecule has 0 atom stereocenters. The molecule has 1 saturated heterocycles. The topological polar surface area (TPSA) is 133 Å². The number of amides is 1. The summed E-state index contributed by atoms with van der Waals surface area (Å²) >= 11 is 0. The average molecular weight is 429 g/mol. The highest BCUT2D eigenvalue weighted by Gasteiger charge is 2.35. The van der Waals surface area contributed by atoms with Crippen LogP contribution in [0.15, 0.2) is 47.4 Å². The number of benzene rings is 2. The molecule has 0 spiro atoms. The van der Waals surface area contributed by atoms with Crippen LogP contribution >= 0.6 is 0 Å². The number of nitrogens with one attached hydrogen (secondary N) is 2.